The van der Waals surface area contributed by atoms with Gasteiger partial charge in [0.05, 0.1) is 0 Å². The van der Waals surface area contributed by atoms with Crippen LogP contribution in [0.3, 0.4) is 0 Å². The van der Waals surface area contributed by atoms with E-state index in [1.807, 2.05) is 49.5 Å². The van der Waals surface area contributed by atoms with Crippen molar-refractivity contribution in [3.63, 3.8) is 0 Å². The van der Waals surface area contributed by atoms with Crippen molar-refractivity contribution in [2.24, 2.45) is 0 Å². The van der Waals surface area contributed by atoms with Gasteiger partial charge in [-0.15, -0.1) is 0 Å². The molecule has 1 N–H and O–H groups in total. The molecule has 0 aliphatic rings. The third kappa shape index (κ3) is 4.33. The number of nitrogens with zero attached hydrogens (tertiary/aromatic N) is 4. The molecule has 0 radical (unpaired) electrons. The Morgan fingerprint density at radius 3 is 2.68 bits per heavy atom. The van der Waals surface area contributed by atoms with Crippen LogP contribution in [0.15, 0.2) is 66.9 Å². The van der Waals surface area contributed by atoms with E-state index in [4.69, 9.17) is 5.26 Å². The van der Waals surface area contributed by atoms with Crippen molar-refractivity contribution < 1.29 is 0 Å². The van der Waals surface area contributed by atoms with Gasteiger partial charge in [-0.1, -0.05) is 42.5 Å². The molecule has 3 aromatic rings. The van der Waals surface area contributed by atoms with Crippen molar-refractivity contribution in [3.05, 3.63) is 83.7 Å². The van der Waals surface area contributed by atoms with Gasteiger partial charge in [0.2, 0.25) is 0 Å². The van der Waals surface area contributed by atoms with Crippen LogP contribution in [-0.2, 0) is 13.1 Å². The van der Waals surface area contributed by atoms with Crippen molar-refractivity contribution in [3.8, 4) is 6.07 Å². The number of rotatable bonds is 6. The van der Waals surface area contributed by atoms with Crippen LogP contribution in [-0.4, -0.2) is 17.0 Å². The van der Waals surface area contributed by atoms with Gasteiger partial charge in [-0.2, -0.15) is 5.26 Å². The lowest BCUT2D eigenvalue weighted by atomic mass is 10.2. The van der Waals surface area contributed by atoms with Crippen LogP contribution in [0.25, 0.3) is 0 Å². The summed E-state index contributed by atoms with van der Waals surface area (Å²) in [5, 5.41) is 12.2. The van der Waals surface area contributed by atoms with Crippen molar-refractivity contribution >= 4 is 11.6 Å². The maximum Gasteiger partial charge on any atom is 0.142 e. The lowest BCUT2D eigenvalue weighted by Crippen LogP contribution is -2.20. The molecule has 3 rings (SSSR count). The summed E-state index contributed by atoms with van der Waals surface area (Å²) in [4.78, 5) is 10.9. The van der Waals surface area contributed by atoms with Crippen molar-refractivity contribution in [1.82, 2.24) is 9.97 Å². The Morgan fingerprint density at radius 1 is 1.04 bits per heavy atom. The number of benzene rings is 1. The standard InChI is InChI=1S/C20H19N5/c1-25(15-16-7-3-2-4-8-16)20-17(9-6-12-22-20)14-23-19-11-5-10-18(13-21)24-19/h2-12H,14-15H2,1H3,(H,23,24). The first-order chi connectivity index (χ1) is 12.3. The largest absolute Gasteiger partial charge is 0.366 e. The van der Waals surface area contributed by atoms with E-state index >= 15 is 0 Å². The van der Waals surface area contributed by atoms with Gasteiger partial charge < -0.3 is 10.2 Å². The summed E-state index contributed by atoms with van der Waals surface area (Å²) in [6.07, 6.45) is 1.80. The SMILES string of the molecule is CN(Cc1ccccc1)c1ncccc1CNc1cccc(C#N)n1. The van der Waals surface area contributed by atoms with Gasteiger partial charge in [-0.05, 0) is 23.8 Å². The van der Waals surface area contributed by atoms with Crippen LogP contribution in [0.2, 0.25) is 0 Å². The monoisotopic (exact) mass is 329 g/mol. The second-order valence-electron chi connectivity index (χ2n) is 5.70. The molecule has 0 amide bonds. The summed E-state index contributed by atoms with van der Waals surface area (Å²) in [7, 11) is 2.04. The summed E-state index contributed by atoms with van der Waals surface area (Å²) in [6.45, 7) is 1.37. The molecule has 124 valence electrons. The number of pyridine rings is 2. The van der Waals surface area contributed by atoms with E-state index in [0.717, 1.165) is 17.9 Å². The summed E-state index contributed by atoms with van der Waals surface area (Å²) < 4.78 is 0. The minimum absolute atomic E-state index is 0.401. The summed E-state index contributed by atoms with van der Waals surface area (Å²) in [5.74, 6) is 1.61. The minimum atomic E-state index is 0.401. The first kappa shape index (κ1) is 16.5. The van der Waals surface area contributed by atoms with Gasteiger partial charge in [0, 0.05) is 31.9 Å². The topological polar surface area (TPSA) is 64.8 Å². The Bertz CT molecular complexity index is 871. The number of aromatic nitrogens is 2. The molecule has 0 fully saturated rings. The highest BCUT2D eigenvalue weighted by Gasteiger charge is 2.09. The number of hydrogen-bond acceptors (Lipinski definition) is 5. The Hall–Kier alpha value is -3.39. The predicted molar refractivity (Wildman–Crippen MR) is 99.1 cm³/mol. The molecule has 0 saturated carbocycles. The second-order valence-corrected chi connectivity index (χ2v) is 5.70. The third-order valence-corrected chi connectivity index (χ3v) is 3.82. The molecule has 0 bridgehead atoms. The zero-order chi connectivity index (χ0) is 17.5. The lowest BCUT2D eigenvalue weighted by Gasteiger charge is -2.21. The molecule has 5 nitrogen and oxygen atoms in total. The molecule has 5 heteroatoms. The van der Waals surface area contributed by atoms with Crippen LogP contribution in [0.4, 0.5) is 11.6 Å². The molecule has 2 aromatic heterocycles. The highest BCUT2D eigenvalue weighted by atomic mass is 15.2. The maximum absolute atomic E-state index is 8.95. The van der Waals surface area contributed by atoms with Crippen LogP contribution >= 0.6 is 0 Å². The quantitative estimate of drug-likeness (QED) is 0.748. The van der Waals surface area contributed by atoms with E-state index in [9.17, 15) is 0 Å². The Labute approximate surface area is 147 Å². The van der Waals surface area contributed by atoms with Crippen molar-refractivity contribution in [1.29, 1.82) is 5.26 Å². The van der Waals surface area contributed by atoms with E-state index in [-0.39, 0.29) is 0 Å². The highest BCUT2D eigenvalue weighted by Crippen LogP contribution is 2.19. The van der Waals surface area contributed by atoms with Gasteiger partial charge in [0.15, 0.2) is 0 Å². The molecule has 25 heavy (non-hydrogen) atoms. The Balaban J connectivity index is 1.73. The first-order valence-corrected chi connectivity index (χ1v) is 8.06. The van der Waals surface area contributed by atoms with Gasteiger partial charge >= 0.3 is 0 Å². The zero-order valence-corrected chi connectivity index (χ0v) is 14.1. The van der Waals surface area contributed by atoms with E-state index in [2.05, 4.69) is 38.4 Å². The molecule has 1 aromatic carbocycles. The van der Waals surface area contributed by atoms with Gasteiger partial charge in [-0.25, -0.2) is 9.97 Å². The fourth-order valence-corrected chi connectivity index (χ4v) is 2.63. The maximum atomic E-state index is 8.95. The Kier molecular flexibility index (Phi) is 5.22. The van der Waals surface area contributed by atoms with Crippen molar-refractivity contribution in [2.45, 2.75) is 13.1 Å². The smallest absolute Gasteiger partial charge is 0.142 e. The van der Waals surface area contributed by atoms with Gasteiger partial charge in [-0.3, -0.25) is 0 Å². The lowest BCUT2D eigenvalue weighted by molar-refractivity contribution is 0.881. The van der Waals surface area contributed by atoms with E-state index in [1.165, 1.54) is 5.56 Å². The number of anilines is 2. The van der Waals surface area contributed by atoms with Crippen LogP contribution in [0.5, 0.6) is 0 Å². The molecule has 0 aliphatic heterocycles. The molecular weight excluding hydrogens is 310 g/mol. The fourth-order valence-electron chi connectivity index (χ4n) is 2.63. The fraction of sp³-hybridized carbons (Fsp3) is 0.150. The molecule has 0 spiro atoms. The minimum Gasteiger partial charge on any atom is -0.366 e. The van der Waals surface area contributed by atoms with Crippen LogP contribution < -0.4 is 10.2 Å². The predicted octanol–water partition coefficient (Wildman–Crippen LogP) is 3.60. The highest BCUT2D eigenvalue weighted by molar-refractivity contribution is 5.49. The summed E-state index contributed by atoms with van der Waals surface area (Å²) in [6, 6.07) is 21.7. The molecule has 0 saturated heterocycles. The molecule has 2 heterocycles. The van der Waals surface area contributed by atoms with Gasteiger partial charge in [0.1, 0.15) is 23.4 Å². The molecule has 0 aliphatic carbocycles. The van der Waals surface area contributed by atoms with Crippen molar-refractivity contribution in [2.75, 3.05) is 17.3 Å². The average Bonchev–Trinajstić information content (AvgIpc) is 2.67. The normalized spacial score (nSPS) is 10.1. The van der Waals surface area contributed by atoms with Gasteiger partial charge in [0.25, 0.3) is 0 Å². The Morgan fingerprint density at radius 2 is 1.88 bits per heavy atom. The third-order valence-electron chi connectivity index (χ3n) is 3.82. The molecular formula is C20H19N5. The summed E-state index contributed by atoms with van der Waals surface area (Å²) in [5.41, 5.74) is 2.71. The second kappa shape index (κ2) is 7.93. The van der Waals surface area contributed by atoms with E-state index < -0.39 is 0 Å². The first-order valence-electron chi connectivity index (χ1n) is 8.06. The number of nitrogens with one attached hydrogen (secondary N) is 1. The van der Waals surface area contributed by atoms with E-state index in [1.54, 1.807) is 12.3 Å². The molecule has 0 unspecified atom stereocenters. The number of hydrogen-bond donors (Lipinski definition) is 1. The zero-order valence-electron chi connectivity index (χ0n) is 14.1. The van der Waals surface area contributed by atoms with Crippen LogP contribution in [0, 0.1) is 11.3 Å². The average molecular weight is 329 g/mol. The number of nitriles is 1. The van der Waals surface area contributed by atoms with Crippen LogP contribution in [0.1, 0.15) is 16.8 Å². The molecule has 0 atom stereocenters. The summed E-state index contributed by atoms with van der Waals surface area (Å²) >= 11 is 0. The van der Waals surface area contributed by atoms with E-state index in [0.29, 0.717) is 18.1 Å².